The third-order valence-corrected chi connectivity index (χ3v) is 7.75. The zero-order valence-corrected chi connectivity index (χ0v) is 18.5. The van der Waals surface area contributed by atoms with Crippen LogP contribution in [0, 0.1) is 16.7 Å². The maximum atomic E-state index is 13.8. The Hall–Kier alpha value is -3.82. The molecule has 0 amide bonds. The predicted molar refractivity (Wildman–Crippen MR) is 128 cm³/mol. The third kappa shape index (κ3) is 3.00. The summed E-state index contributed by atoms with van der Waals surface area (Å²) in [5.41, 5.74) is 3.78. The molecule has 160 valence electrons. The molecular weight excluding hydrogens is 428 g/mol. The van der Waals surface area contributed by atoms with Crippen LogP contribution in [-0.2, 0) is 4.79 Å². The van der Waals surface area contributed by atoms with Gasteiger partial charge in [-0.2, -0.15) is 5.26 Å². The lowest BCUT2D eigenvalue weighted by atomic mass is 9.71. The molecule has 2 aromatic heterocycles. The summed E-state index contributed by atoms with van der Waals surface area (Å²) in [7, 11) is 0. The summed E-state index contributed by atoms with van der Waals surface area (Å²) in [4.78, 5) is 19.4. The number of nitrogens with zero attached hydrogens (tertiary/aromatic N) is 3. The summed E-state index contributed by atoms with van der Waals surface area (Å²) in [6.07, 6.45) is 1.12. The van der Waals surface area contributed by atoms with Crippen LogP contribution in [0.25, 0.3) is 16.6 Å². The number of carbonyl (C=O) groups is 1. The number of ketones is 1. The van der Waals surface area contributed by atoms with Gasteiger partial charge in [-0.25, -0.2) is 4.98 Å². The molecule has 1 unspecified atom stereocenters. The molecule has 1 aliphatic heterocycles. The standard InChI is InChI=1S/C27H20N4OS/c28-15-19-24(23-11-6-12-33-23)25-21(13-17(14-22(25)32)16-7-2-1-3-8-16)31-20-10-5-4-9-18(20)26(29)30-27(19)31/h1-12,17,19,24,29H,13-14H2/t17-,19?,24-/m0/s1. The first-order valence-corrected chi connectivity index (χ1v) is 11.9. The zero-order valence-electron chi connectivity index (χ0n) is 17.7. The number of aromatic nitrogens is 2. The Bertz CT molecular complexity index is 1530. The van der Waals surface area contributed by atoms with Crippen molar-refractivity contribution < 1.29 is 4.79 Å². The van der Waals surface area contributed by atoms with Crippen LogP contribution in [0.15, 0.2) is 77.7 Å². The molecule has 6 heteroatoms. The van der Waals surface area contributed by atoms with E-state index in [0.29, 0.717) is 24.1 Å². The lowest BCUT2D eigenvalue weighted by Crippen LogP contribution is -2.35. The van der Waals surface area contributed by atoms with Gasteiger partial charge < -0.3 is 0 Å². The van der Waals surface area contributed by atoms with E-state index in [1.165, 1.54) is 0 Å². The van der Waals surface area contributed by atoms with Crippen molar-refractivity contribution in [1.29, 1.82) is 10.7 Å². The molecule has 4 aromatic rings. The van der Waals surface area contributed by atoms with Gasteiger partial charge in [-0.3, -0.25) is 14.8 Å². The Balaban J connectivity index is 1.68. The van der Waals surface area contributed by atoms with E-state index in [2.05, 4.69) is 23.2 Å². The molecule has 0 spiro atoms. The largest absolute Gasteiger partial charge is 0.300 e. The van der Waals surface area contributed by atoms with Gasteiger partial charge in [0.05, 0.1) is 11.6 Å². The second-order valence-electron chi connectivity index (χ2n) is 8.57. The van der Waals surface area contributed by atoms with Gasteiger partial charge in [0.2, 0.25) is 0 Å². The van der Waals surface area contributed by atoms with Crippen molar-refractivity contribution in [3.8, 4) is 6.07 Å². The molecule has 6 rings (SSSR count). The summed E-state index contributed by atoms with van der Waals surface area (Å²) >= 11 is 1.56. The second-order valence-corrected chi connectivity index (χ2v) is 9.55. The van der Waals surface area contributed by atoms with E-state index in [4.69, 9.17) is 5.41 Å². The van der Waals surface area contributed by atoms with Gasteiger partial charge in [-0.1, -0.05) is 48.5 Å². The smallest absolute Gasteiger partial charge is 0.161 e. The van der Waals surface area contributed by atoms with Crippen LogP contribution in [0.2, 0.25) is 0 Å². The number of allylic oxidation sites excluding steroid dienone is 2. The van der Waals surface area contributed by atoms with Crippen LogP contribution < -0.4 is 5.49 Å². The Morgan fingerprint density at radius 3 is 2.58 bits per heavy atom. The summed E-state index contributed by atoms with van der Waals surface area (Å²) in [5, 5.41) is 21.5. The van der Waals surface area contributed by atoms with Crippen LogP contribution >= 0.6 is 11.3 Å². The zero-order chi connectivity index (χ0) is 22.5. The molecule has 1 aliphatic carbocycles. The van der Waals surface area contributed by atoms with Crippen LogP contribution in [0.1, 0.15) is 46.9 Å². The number of benzene rings is 2. The fourth-order valence-corrected chi connectivity index (χ4v) is 6.24. The number of fused-ring (bicyclic) bond motifs is 4. The number of hydrogen-bond acceptors (Lipinski definition) is 5. The summed E-state index contributed by atoms with van der Waals surface area (Å²) < 4.78 is 2.01. The minimum atomic E-state index is -0.631. The number of Topliss-reactive ketones (excluding diaryl/α,β-unsaturated/α-hetero) is 1. The van der Waals surface area contributed by atoms with Crippen LogP contribution in [-0.4, -0.2) is 15.3 Å². The lowest BCUT2D eigenvalue weighted by molar-refractivity contribution is -0.116. The average molecular weight is 449 g/mol. The van der Waals surface area contributed by atoms with Gasteiger partial charge >= 0.3 is 0 Å². The van der Waals surface area contributed by atoms with Crippen molar-refractivity contribution in [2.45, 2.75) is 30.6 Å². The molecule has 0 saturated heterocycles. The fourth-order valence-electron chi connectivity index (χ4n) is 5.37. The number of rotatable bonds is 2. The summed E-state index contributed by atoms with van der Waals surface area (Å²) in [6.45, 7) is 0. The van der Waals surface area contributed by atoms with Gasteiger partial charge in [0.25, 0.3) is 0 Å². The molecule has 0 bridgehead atoms. The molecule has 0 fully saturated rings. The normalized spacial score (nSPS) is 22.0. The highest BCUT2D eigenvalue weighted by Gasteiger charge is 2.44. The highest BCUT2D eigenvalue weighted by atomic mass is 32.1. The molecular formula is C27H20N4OS. The summed E-state index contributed by atoms with van der Waals surface area (Å²) in [5.74, 6) is -0.272. The highest BCUT2D eigenvalue weighted by Crippen LogP contribution is 2.51. The molecule has 3 atom stereocenters. The van der Waals surface area contributed by atoms with Gasteiger partial charge in [-0.05, 0) is 41.5 Å². The third-order valence-electron chi connectivity index (χ3n) is 6.79. The minimum Gasteiger partial charge on any atom is -0.300 e. The number of nitriles is 1. The molecule has 0 radical (unpaired) electrons. The quantitative estimate of drug-likeness (QED) is 0.449. The van der Waals surface area contributed by atoms with Crippen molar-refractivity contribution in [2.24, 2.45) is 0 Å². The van der Waals surface area contributed by atoms with E-state index in [0.717, 1.165) is 27.2 Å². The molecule has 2 aliphatic rings. The van der Waals surface area contributed by atoms with E-state index in [1.807, 2.05) is 64.5 Å². The number of carbonyl (C=O) groups excluding carboxylic acids is 1. The molecule has 2 aromatic carbocycles. The minimum absolute atomic E-state index is 0.0647. The highest BCUT2D eigenvalue weighted by molar-refractivity contribution is 7.10. The van der Waals surface area contributed by atoms with E-state index in [1.54, 1.807) is 11.3 Å². The Labute approximate surface area is 194 Å². The van der Waals surface area contributed by atoms with E-state index in [-0.39, 0.29) is 23.1 Å². The first-order valence-electron chi connectivity index (χ1n) is 11.0. The van der Waals surface area contributed by atoms with Crippen LogP contribution in [0.3, 0.4) is 0 Å². The molecule has 33 heavy (non-hydrogen) atoms. The van der Waals surface area contributed by atoms with E-state index >= 15 is 0 Å². The number of hydrogen-bond donors (Lipinski definition) is 1. The van der Waals surface area contributed by atoms with Gasteiger partial charge in [0.1, 0.15) is 11.7 Å². The number of thiophene rings is 1. The maximum absolute atomic E-state index is 13.8. The molecule has 1 N–H and O–H groups in total. The van der Waals surface area contributed by atoms with Gasteiger partial charge in [0.15, 0.2) is 11.3 Å². The van der Waals surface area contributed by atoms with Crippen LogP contribution in [0.4, 0.5) is 0 Å². The molecule has 3 heterocycles. The summed E-state index contributed by atoms with van der Waals surface area (Å²) in [6, 6.07) is 24.2. The van der Waals surface area contributed by atoms with Crippen molar-refractivity contribution in [1.82, 2.24) is 9.55 Å². The first-order chi connectivity index (χ1) is 16.2. The fraction of sp³-hybridized carbons (Fsp3) is 0.185. The van der Waals surface area contributed by atoms with Gasteiger partial charge in [-0.15, -0.1) is 11.3 Å². The Morgan fingerprint density at radius 1 is 1.03 bits per heavy atom. The second kappa shape index (κ2) is 7.65. The van der Waals surface area contributed by atoms with E-state index < -0.39 is 5.92 Å². The van der Waals surface area contributed by atoms with E-state index in [9.17, 15) is 10.1 Å². The van der Waals surface area contributed by atoms with Gasteiger partial charge in [0, 0.05) is 33.9 Å². The lowest BCUT2D eigenvalue weighted by Gasteiger charge is -2.38. The Morgan fingerprint density at radius 2 is 1.82 bits per heavy atom. The maximum Gasteiger partial charge on any atom is 0.161 e. The van der Waals surface area contributed by atoms with Crippen molar-refractivity contribution in [3.63, 3.8) is 0 Å². The molecule has 5 nitrogen and oxygen atoms in total. The first kappa shape index (κ1) is 19.8. The average Bonchev–Trinajstić information content (AvgIpc) is 3.38. The van der Waals surface area contributed by atoms with Crippen molar-refractivity contribution >= 4 is 33.7 Å². The monoisotopic (exact) mass is 448 g/mol. The van der Waals surface area contributed by atoms with Crippen LogP contribution in [0.5, 0.6) is 0 Å². The van der Waals surface area contributed by atoms with Crippen molar-refractivity contribution in [2.75, 3.05) is 0 Å². The number of para-hydroxylation sites is 1. The predicted octanol–water partition coefficient (Wildman–Crippen LogP) is 5.34. The molecule has 0 saturated carbocycles. The topological polar surface area (TPSA) is 82.5 Å². The SMILES string of the molecule is N#CC1c2nc(=N)c3ccccc3n2C2=C(C(=O)C[C@@H](c3ccccc3)C2)[C@@H]1c1cccs1. The van der Waals surface area contributed by atoms with Crippen molar-refractivity contribution in [3.05, 3.63) is 99.4 Å². The Kier molecular flexibility index (Phi) is 4.60. The number of nitrogens with one attached hydrogen (secondary N) is 1.